The lowest BCUT2D eigenvalue weighted by Crippen LogP contribution is -2.52. The molecule has 0 aliphatic carbocycles. The van der Waals surface area contributed by atoms with Gasteiger partial charge in [0.1, 0.15) is 11.6 Å². The van der Waals surface area contributed by atoms with E-state index in [-0.39, 0.29) is 17.9 Å². The van der Waals surface area contributed by atoms with Crippen molar-refractivity contribution in [2.45, 2.75) is 51.5 Å². The lowest BCUT2D eigenvalue weighted by atomic mass is 9.98. The number of unbranched alkanes of at least 4 members (excludes halogenated alkanes) is 2. The Labute approximate surface area is 195 Å². The number of H-pyrrole nitrogens is 1. The van der Waals surface area contributed by atoms with Crippen LogP contribution in [-0.4, -0.2) is 46.7 Å². The zero-order valence-electron chi connectivity index (χ0n) is 19.6. The molecule has 1 unspecified atom stereocenters. The molecule has 1 atom stereocenters. The monoisotopic (exact) mass is 446 g/mol. The molecule has 0 spiro atoms. The van der Waals surface area contributed by atoms with Crippen molar-refractivity contribution in [1.82, 2.24) is 20.2 Å². The van der Waals surface area contributed by atoms with Gasteiger partial charge in [0.15, 0.2) is 0 Å². The van der Waals surface area contributed by atoms with Crippen molar-refractivity contribution in [2.75, 3.05) is 20.1 Å². The molecular formula is C27H34N4O2. The molecule has 0 bridgehead atoms. The SMILES string of the molecule is CCC(=O)CCCCCC(NC(=O)C1CN(C)C1)c1ncc(-c2ccc3ccccc3c2)[nH]1. The molecule has 0 saturated carbocycles. The summed E-state index contributed by atoms with van der Waals surface area (Å²) in [5, 5.41) is 5.63. The Morgan fingerprint density at radius 1 is 1.12 bits per heavy atom. The minimum absolute atomic E-state index is 0.0506. The number of amides is 1. The molecular weight excluding hydrogens is 412 g/mol. The number of nitrogens with one attached hydrogen (secondary N) is 2. The summed E-state index contributed by atoms with van der Waals surface area (Å²) in [5.41, 5.74) is 2.03. The van der Waals surface area contributed by atoms with Crippen molar-refractivity contribution in [1.29, 1.82) is 0 Å². The fourth-order valence-electron chi connectivity index (χ4n) is 4.47. The number of carbonyl (C=O) groups excluding carboxylic acids is 2. The zero-order valence-corrected chi connectivity index (χ0v) is 19.6. The summed E-state index contributed by atoms with van der Waals surface area (Å²) in [4.78, 5) is 34.6. The van der Waals surface area contributed by atoms with Gasteiger partial charge in [0.05, 0.1) is 23.9 Å². The number of fused-ring (bicyclic) bond motifs is 1. The molecule has 1 amide bonds. The average molecular weight is 447 g/mol. The first-order valence-corrected chi connectivity index (χ1v) is 12.1. The van der Waals surface area contributed by atoms with Gasteiger partial charge >= 0.3 is 0 Å². The van der Waals surface area contributed by atoms with Gasteiger partial charge in [0.25, 0.3) is 0 Å². The number of imidazole rings is 1. The van der Waals surface area contributed by atoms with E-state index in [4.69, 9.17) is 0 Å². The van der Waals surface area contributed by atoms with Gasteiger partial charge in [0.2, 0.25) is 5.91 Å². The summed E-state index contributed by atoms with van der Waals surface area (Å²) >= 11 is 0. The molecule has 1 aromatic heterocycles. The zero-order chi connectivity index (χ0) is 23.2. The number of carbonyl (C=O) groups is 2. The van der Waals surface area contributed by atoms with Crippen LogP contribution in [0.2, 0.25) is 0 Å². The van der Waals surface area contributed by atoms with Crippen LogP contribution in [0.5, 0.6) is 0 Å². The Kier molecular flexibility index (Phi) is 7.55. The Balaban J connectivity index is 1.45. The molecule has 6 heteroatoms. The molecule has 1 fully saturated rings. The number of nitrogens with zero attached hydrogens (tertiary/aromatic N) is 2. The van der Waals surface area contributed by atoms with Gasteiger partial charge in [-0.15, -0.1) is 0 Å². The maximum Gasteiger partial charge on any atom is 0.226 e. The predicted molar refractivity (Wildman–Crippen MR) is 132 cm³/mol. The van der Waals surface area contributed by atoms with Gasteiger partial charge in [-0.3, -0.25) is 9.59 Å². The highest BCUT2D eigenvalue weighted by Crippen LogP contribution is 2.26. The summed E-state index contributed by atoms with van der Waals surface area (Å²) in [6.07, 6.45) is 6.74. The van der Waals surface area contributed by atoms with Crippen LogP contribution in [0.3, 0.4) is 0 Å². The number of likely N-dealkylation sites (tertiary alicyclic amines) is 1. The normalized spacial score (nSPS) is 15.3. The Morgan fingerprint density at radius 2 is 1.91 bits per heavy atom. The first-order valence-electron chi connectivity index (χ1n) is 12.1. The fourth-order valence-corrected chi connectivity index (χ4v) is 4.47. The summed E-state index contributed by atoms with van der Waals surface area (Å²) in [7, 11) is 2.03. The van der Waals surface area contributed by atoms with E-state index in [0.29, 0.717) is 18.6 Å². The quantitative estimate of drug-likeness (QED) is 0.412. The van der Waals surface area contributed by atoms with Gasteiger partial charge in [-0.25, -0.2) is 4.98 Å². The number of aromatic amines is 1. The van der Waals surface area contributed by atoms with Gasteiger partial charge < -0.3 is 15.2 Å². The molecule has 3 aromatic rings. The molecule has 2 aromatic carbocycles. The van der Waals surface area contributed by atoms with Crippen LogP contribution in [0.15, 0.2) is 48.7 Å². The van der Waals surface area contributed by atoms with E-state index in [2.05, 4.69) is 50.5 Å². The largest absolute Gasteiger partial charge is 0.346 e. The van der Waals surface area contributed by atoms with Crippen LogP contribution >= 0.6 is 0 Å². The third-order valence-corrected chi connectivity index (χ3v) is 6.58. The molecule has 1 aliphatic heterocycles. The topological polar surface area (TPSA) is 78.1 Å². The van der Waals surface area contributed by atoms with Gasteiger partial charge in [-0.2, -0.15) is 0 Å². The van der Waals surface area contributed by atoms with Crippen molar-refractivity contribution in [3.8, 4) is 11.3 Å². The van der Waals surface area contributed by atoms with E-state index in [0.717, 1.165) is 55.9 Å². The van der Waals surface area contributed by atoms with E-state index in [1.54, 1.807) is 0 Å². The molecule has 2 N–H and O–H groups in total. The van der Waals surface area contributed by atoms with E-state index in [9.17, 15) is 9.59 Å². The first kappa shape index (κ1) is 23.2. The van der Waals surface area contributed by atoms with Crippen molar-refractivity contribution in [2.24, 2.45) is 5.92 Å². The lowest BCUT2D eigenvalue weighted by Gasteiger charge is -2.35. The average Bonchev–Trinajstić information content (AvgIpc) is 3.30. The van der Waals surface area contributed by atoms with Crippen molar-refractivity contribution in [3.63, 3.8) is 0 Å². The molecule has 4 rings (SSSR count). The van der Waals surface area contributed by atoms with E-state index in [1.165, 1.54) is 10.8 Å². The summed E-state index contributed by atoms with van der Waals surface area (Å²) in [5.74, 6) is 1.27. The molecule has 1 saturated heterocycles. The molecule has 6 nitrogen and oxygen atoms in total. The highest BCUT2D eigenvalue weighted by molar-refractivity contribution is 5.86. The third-order valence-electron chi connectivity index (χ3n) is 6.58. The van der Waals surface area contributed by atoms with Crippen LogP contribution in [0, 0.1) is 5.92 Å². The van der Waals surface area contributed by atoms with E-state index < -0.39 is 0 Å². The minimum Gasteiger partial charge on any atom is -0.346 e. The maximum absolute atomic E-state index is 12.8. The van der Waals surface area contributed by atoms with Crippen LogP contribution in [0.4, 0.5) is 0 Å². The number of benzene rings is 2. The fraction of sp³-hybridized carbons (Fsp3) is 0.444. The second-order valence-corrected chi connectivity index (χ2v) is 9.21. The van der Waals surface area contributed by atoms with Crippen molar-refractivity contribution < 1.29 is 9.59 Å². The Hall–Kier alpha value is -2.99. The lowest BCUT2D eigenvalue weighted by molar-refractivity contribution is -0.130. The maximum atomic E-state index is 12.8. The van der Waals surface area contributed by atoms with Gasteiger partial charge in [-0.1, -0.05) is 56.2 Å². The molecule has 2 heterocycles. The molecule has 1 aliphatic rings. The van der Waals surface area contributed by atoms with Crippen LogP contribution in [-0.2, 0) is 9.59 Å². The van der Waals surface area contributed by atoms with Crippen molar-refractivity contribution in [3.05, 3.63) is 54.5 Å². The first-order chi connectivity index (χ1) is 16.0. The summed E-state index contributed by atoms with van der Waals surface area (Å²) in [6.45, 7) is 3.52. The molecule has 174 valence electrons. The number of aromatic nitrogens is 2. The Morgan fingerprint density at radius 3 is 2.67 bits per heavy atom. The number of rotatable bonds is 11. The standard InChI is InChI=1S/C27H34N4O2/c1-3-23(32)11-5-4-6-12-24(30-27(33)22-17-31(2)18-22)26-28-16-25(29-26)21-14-13-19-9-7-8-10-20(19)15-21/h7-10,13-16,22,24H,3-6,11-12,17-18H2,1-2H3,(H,28,29)(H,30,33). The summed E-state index contributed by atoms with van der Waals surface area (Å²) in [6, 6.07) is 14.5. The second kappa shape index (κ2) is 10.8. The molecule has 0 radical (unpaired) electrons. The van der Waals surface area contributed by atoms with Crippen LogP contribution < -0.4 is 5.32 Å². The number of hydrogen-bond donors (Lipinski definition) is 2. The minimum atomic E-state index is -0.153. The van der Waals surface area contributed by atoms with Crippen LogP contribution in [0.25, 0.3) is 22.0 Å². The van der Waals surface area contributed by atoms with E-state index >= 15 is 0 Å². The predicted octanol–water partition coefficient (Wildman–Crippen LogP) is 4.88. The van der Waals surface area contributed by atoms with Gasteiger partial charge in [-0.05, 0) is 36.7 Å². The second-order valence-electron chi connectivity index (χ2n) is 9.21. The highest BCUT2D eigenvalue weighted by atomic mass is 16.2. The smallest absolute Gasteiger partial charge is 0.226 e. The third kappa shape index (κ3) is 5.88. The number of Topliss-reactive ketones (excluding diaryl/α,β-unsaturated/α-hetero) is 1. The highest BCUT2D eigenvalue weighted by Gasteiger charge is 2.31. The van der Waals surface area contributed by atoms with E-state index in [1.807, 2.05) is 32.3 Å². The number of hydrogen-bond acceptors (Lipinski definition) is 4. The number of ketones is 1. The van der Waals surface area contributed by atoms with Gasteiger partial charge in [0, 0.05) is 31.5 Å². The molecule has 33 heavy (non-hydrogen) atoms. The summed E-state index contributed by atoms with van der Waals surface area (Å²) < 4.78 is 0. The van der Waals surface area contributed by atoms with Crippen molar-refractivity contribution >= 4 is 22.5 Å². The van der Waals surface area contributed by atoms with Crippen LogP contribution in [0.1, 0.15) is 57.3 Å². The Bertz CT molecular complexity index is 1100.